The second-order valence-electron chi connectivity index (χ2n) is 2.21. The van der Waals surface area contributed by atoms with Gasteiger partial charge in [-0.3, -0.25) is 4.98 Å². The van der Waals surface area contributed by atoms with E-state index in [0.717, 1.165) is 6.20 Å². The molecule has 0 fully saturated rings. The van der Waals surface area contributed by atoms with Gasteiger partial charge in [0.05, 0.1) is 10.6 Å². The van der Waals surface area contributed by atoms with Crippen molar-refractivity contribution in [2.75, 3.05) is 0 Å². The van der Waals surface area contributed by atoms with Crippen LogP contribution in [0.5, 0.6) is 0 Å². The average Bonchev–Trinajstić information content (AvgIpc) is 2.04. The standard InChI is InChI=1S/C7H7ClF2N2/c8-6-4(1-11)2-12-3-5(6)7(9)10/h2-3,7H,1,11H2. The fourth-order valence-corrected chi connectivity index (χ4v) is 1.06. The molecule has 1 heterocycles. The van der Waals surface area contributed by atoms with Crippen LogP contribution in [0.25, 0.3) is 0 Å². The molecule has 2 nitrogen and oxygen atoms in total. The minimum atomic E-state index is -2.60. The largest absolute Gasteiger partial charge is 0.326 e. The first-order valence-corrected chi connectivity index (χ1v) is 3.65. The Labute approximate surface area is 73.4 Å². The lowest BCUT2D eigenvalue weighted by atomic mass is 10.2. The molecule has 0 amide bonds. The summed E-state index contributed by atoms with van der Waals surface area (Å²) in [7, 11) is 0. The quantitative estimate of drug-likeness (QED) is 0.780. The van der Waals surface area contributed by atoms with Gasteiger partial charge in [-0.25, -0.2) is 8.78 Å². The van der Waals surface area contributed by atoms with E-state index in [4.69, 9.17) is 17.3 Å². The summed E-state index contributed by atoms with van der Waals surface area (Å²) in [6, 6.07) is 0. The Kier molecular flexibility index (Phi) is 2.94. The molecule has 0 aromatic carbocycles. The molecule has 0 spiro atoms. The highest BCUT2D eigenvalue weighted by Crippen LogP contribution is 2.28. The first kappa shape index (κ1) is 9.35. The third-order valence-corrected chi connectivity index (χ3v) is 1.90. The van der Waals surface area contributed by atoms with Gasteiger partial charge in [0, 0.05) is 24.5 Å². The van der Waals surface area contributed by atoms with Crippen molar-refractivity contribution in [3.63, 3.8) is 0 Å². The number of aromatic nitrogens is 1. The van der Waals surface area contributed by atoms with E-state index in [2.05, 4.69) is 4.98 Å². The van der Waals surface area contributed by atoms with Gasteiger partial charge in [-0.1, -0.05) is 11.6 Å². The van der Waals surface area contributed by atoms with E-state index in [-0.39, 0.29) is 17.1 Å². The molecule has 0 atom stereocenters. The predicted octanol–water partition coefficient (Wildman–Crippen LogP) is 2.13. The average molecular weight is 193 g/mol. The van der Waals surface area contributed by atoms with E-state index in [1.165, 1.54) is 6.20 Å². The molecule has 0 radical (unpaired) electrons. The topological polar surface area (TPSA) is 38.9 Å². The third-order valence-electron chi connectivity index (χ3n) is 1.43. The van der Waals surface area contributed by atoms with Crippen molar-refractivity contribution in [2.45, 2.75) is 13.0 Å². The van der Waals surface area contributed by atoms with Gasteiger partial charge >= 0.3 is 0 Å². The van der Waals surface area contributed by atoms with Gasteiger partial charge in [-0.05, 0) is 0 Å². The summed E-state index contributed by atoms with van der Waals surface area (Å²) in [5.41, 5.74) is 5.43. The van der Waals surface area contributed by atoms with Crippen molar-refractivity contribution in [2.24, 2.45) is 5.73 Å². The molecular weight excluding hydrogens is 186 g/mol. The van der Waals surface area contributed by atoms with Crippen molar-refractivity contribution in [3.05, 3.63) is 28.5 Å². The number of alkyl halides is 2. The first-order chi connectivity index (χ1) is 5.66. The molecule has 66 valence electrons. The summed E-state index contributed by atoms with van der Waals surface area (Å²) in [4.78, 5) is 3.59. The second-order valence-corrected chi connectivity index (χ2v) is 2.58. The Morgan fingerprint density at radius 3 is 2.67 bits per heavy atom. The summed E-state index contributed by atoms with van der Waals surface area (Å²) in [6.45, 7) is 0.117. The second kappa shape index (κ2) is 3.78. The monoisotopic (exact) mass is 192 g/mol. The summed E-state index contributed by atoms with van der Waals surface area (Å²) < 4.78 is 24.4. The van der Waals surface area contributed by atoms with Crippen molar-refractivity contribution in [1.82, 2.24) is 4.98 Å². The lowest BCUT2D eigenvalue weighted by Gasteiger charge is -2.05. The summed E-state index contributed by atoms with van der Waals surface area (Å²) in [6.07, 6.45) is -0.170. The maximum Gasteiger partial charge on any atom is 0.266 e. The SMILES string of the molecule is NCc1cncc(C(F)F)c1Cl. The predicted molar refractivity (Wildman–Crippen MR) is 42.1 cm³/mol. The zero-order valence-electron chi connectivity index (χ0n) is 6.10. The molecule has 5 heteroatoms. The van der Waals surface area contributed by atoms with Gasteiger partial charge < -0.3 is 5.73 Å². The number of rotatable bonds is 2. The van der Waals surface area contributed by atoms with E-state index in [1.807, 2.05) is 0 Å². The van der Waals surface area contributed by atoms with Crippen LogP contribution in [0.1, 0.15) is 17.6 Å². The van der Waals surface area contributed by atoms with Crippen LogP contribution in [0, 0.1) is 0 Å². The molecular formula is C7H7ClF2N2. The molecule has 12 heavy (non-hydrogen) atoms. The molecule has 0 aliphatic carbocycles. The zero-order chi connectivity index (χ0) is 9.14. The molecule has 1 rings (SSSR count). The summed E-state index contributed by atoms with van der Waals surface area (Å²) in [5, 5.41) is 0.0162. The number of nitrogens with two attached hydrogens (primary N) is 1. The fourth-order valence-electron chi connectivity index (χ4n) is 0.801. The molecule has 1 aromatic rings. The van der Waals surface area contributed by atoms with Gasteiger partial charge in [0.25, 0.3) is 6.43 Å². The molecule has 0 aliphatic heterocycles. The molecule has 0 saturated heterocycles. The lowest BCUT2D eigenvalue weighted by Crippen LogP contribution is -2.00. The Morgan fingerprint density at radius 1 is 1.50 bits per heavy atom. The van der Waals surface area contributed by atoms with Gasteiger partial charge in [0.1, 0.15) is 0 Å². The third kappa shape index (κ3) is 1.70. The van der Waals surface area contributed by atoms with Crippen molar-refractivity contribution in [1.29, 1.82) is 0 Å². The van der Waals surface area contributed by atoms with E-state index in [9.17, 15) is 8.78 Å². The summed E-state index contributed by atoms with van der Waals surface area (Å²) in [5.74, 6) is 0. The van der Waals surface area contributed by atoms with Gasteiger partial charge in [0.2, 0.25) is 0 Å². The van der Waals surface area contributed by atoms with Gasteiger partial charge in [-0.15, -0.1) is 0 Å². The molecule has 0 unspecified atom stereocenters. The van der Waals surface area contributed by atoms with Crippen LogP contribution in [0.3, 0.4) is 0 Å². The van der Waals surface area contributed by atoms with Gasteiger partial charge in [-0.2, -0.15) is 0 Å². The zero-order valence-corrected chi connectivity index (χ0v) is 6.85. The maximum atomic E-state index is 12.2. The number of halogens is 3. The Hall–Kier alpha value is -0.740. The number of pyridine rings is 1. The molecule has 0 aliphatic rings. The Morgan fingerprint density at radius 2 is 2.17 bits per heavy atom. The molecule has 2 N–H and O–H groups in total. The van der Waals surface area contributed by atoms with Crippen LogP contribution in [0.15, 0.2) is 12.4 Å². The van der Waals surface area contributed by atoms with Gasteiger partial charge in [0.15, 0.2) is 0 Å². The van der Waals surface area contributed by atoms with Crippen LogP contribution in [-0.4, -0.2) is 4.98 Å². The van der Waals surface area contributed by atoms with E-state index in [1.54, 1.807) is 0 Å². The Bertz CT molecular complexity index is 278. The van der Waals surface area contributed by atoms with Crippen LogP contribution in [0.2, 0.25) is 5.02 Å². The normalized spacial score (nSPS) is 10.8. The van der Waals surface area contributed by atoms with E-state index in [0.29, 0.717) is 5.56 Å². The van der Waals surface area contributed by atoms with Crippen molar-refractivity contribution < 1.29 is 8.78 Å². The number of hydrogen-bond donors (Lipinski definition) is 1. The Balaban J connectivity index is 3.14. The maximum absolute atomic E-state index is 12.2. The van der Waals surface area contributed by atoms with Crippen molar-refractivity contribution >= 4 is 11.6 Å². The van der Waals surface area contributed by atoms with Crippen LogP contribution < -0.4 is 5.73 Å². The van der Waals surface area contributed by atoms with Crippen LogP contribution in [-0.2, 0) is 6.54 Å². The highest BCUT2D eigenvalue weighted by molar-refractivity contribution is 6.32. The molecule has 1 aromatic heterocycles. The van der Waals surface area contributed by atoms with Crippen LogP contribution >= 0.6 is 11.6 Å². The minimum absolute atomic E-state index is 0.0162. The molecule has 0 bridgehead atoms. The van der Waals surface area contributed by atoms with Crippen molar-refractivity contribution in [3.8, 4) is 0 Å². The first-order valence-electron chi connectivity index (χ1n) is 3.27. The number of hydrogen-bond acceptors (Lipinski definition) is 2. The highest BCUT2D eigenvalue weighted by atomic mass is 35.5. The lowest BCUT2D eigenvalue weighted by molar-refractivity contribution is 0.151. The summed E-state index contributed by atoms with van der Waals surface area (Å²) >= 11 is 5.60. The minimum Gasteiger partial charge on any atom is -0.326 e. The smallest absolute Gasteiger partial charge is 0.266 e. The fraction of sp³-hybridized carbons (Fsp3) is 0.286. The van der Waals surface area contributed by atoms with E-state index >= 15 is 0 Å². The van der Waals surface area contributed by atoms with Crippen LogP contribution in [0.4, 0.5) is 8.78 Å². The highest BCUT2D eigenvalue weighted by Gasteiger charge is 2.14. The molecule has 0 saturated carbocycles. The van der Waals surface area contributed by atoms with E-state index < -0.39 is 6.43 Å². The number of nitrogens with zero attached hydrogens (tertiary/aromatic N) is 1.